The molecule has 1 aromatic carbocycles. The highest BCUT2D eigenvalue weighted by molar-refractivity contribution is 5.88. The molecule has 0 saturated carbocycles. The zero-order valence-electron chi connectivity index (χ0n) is 8.87. The highest BCUT2D eigenvalue weighted by Gasteiger charge is 2.08. The van der Waals surface area contributed by atoms with Gasteiger partial charge in [0.1, 0.15) is 0 Å². The van der Waals surface area contributed by atoms with Gasteiger partial charge in [0.05, 0.1) is 12.0 Å². The minimum absolute atomic E-state index is 0.0469. The van der Waals surface area contributed by atoms with Crippen LogP contribution in [0.1, 0.15) is 16.8 Å². The van der Waals surface area contributed by atoms with Crippen molar-refractivity contribution in [1.82, 2.24) is 0 Å². The molecule has 1 rings (SSSR count). The lowest BCUT2D eigenvalue weighted by Gasteiger charge is -2.16. The van der Waals surface area contributed by atoms with E-state index < -0.39 is 11.9 Å². The normalized spacial score (nSPS) is 9.65. The van der Waals surface area contributed by atoms with Gasteiger partial charge in [0, 0.05) is 12.2 Å². The number of hydrogen-bond acceptors (Lipinski definition) is 3. The summed E-state index contributed by atoms with van der Waals surface area (Å²) < 4.78 is 0. The molecule has 0 radical (unpaired) electrons. The van der Waals surface area contributed by atoms with Gasteiger partial charge in [0.15, 0.2) is 0 Å². The number of amides is 1. The van der Waals surface area contributed by atoms with Gasteiger partial charge in [0.25, 0.3) is 0 Å². The third kappa shape index (κ3) is 3.60. The molecule has 0 aromatic heterocycles. The second kappa shape index (κ2) is 5.64. The van der Waals surface area contributed by atoms with E-state index in [0.29, 0.717) is 12.1 Å². The Balaban J connectivity index is 2.78. The van der Waals surface area contributed by atoms with Gasteiger partial charge in [0.2, 0.25) is 6.41 Å². The first-order valence-corrected chi connectivity index (χ1v) is 4.81. The summed E-state index contributed by atoms with van der Waals surface area (Å²) in [7, 11) is 0. The highest BCUT2D eigenvalue weighted by atomic mass is 16.4. The fourth-order valence-corrected chi connectivity index (χ4v) is 1.25. The standard InChI is InChI=1S/C11H11NO5/c13-7-12(6-5-10(14)15)9-3-1-8(2-4-9)11(16)17/h1-4,7H,5-6H2,(H,14,15)(H,16,17). The average molecular weight is 237 g/mol. The summed E-state index contributed by atoms with van der Waals surface area (Å²) in [5.74, 6) is -2.06. The van der Waals surface area contributed by atoms with Crippen LogP contribution in [-0.4, -0.2) is 35.1 Å². The molecule has 6 nitrogen and oxygen atoms in total. The minimum Gasteiger partial charge on any atom is -0.481 e. The number of hydrogen-bond donors (Lipinski definition) is 2. The first kappa shape index (κ1) is 12.7. The van der Waals surface area contributed by atoms with Crippen molar-refractivity contribution >= 4 is 24.0 Å². The van der Waals surface area contributed by atoms with E-state index >= 15 is 0 Å². The molecule has 0 unspecified atom stereocenters. The molecule has 0 aliphatic rings. The molecule has 0 atom stereocenters. The SMILES string of the molecule is O=CN(CCC(=O)O)c1ccc(C(=O)O)cc1. The van der Waals surface area contributed by atoms with Crippen molar-refractivity contribution in [2.24, 2.45) is 0 Å². The quantitative estimate of drug-likeness (QED) is 0.714. The van der Waals surface area contributed by atoms with Gasteiger partial charge in [-0.15, -0.1) is 0 Å². The zero-order valence-corrected chi connectivity index (χ0v) is 8.87. The Labute approximate surface area is 97.1 Å². The van der Waals surface area contributed by atoms with Gasteiger partial charge >= 0.3 is 11.9 Å². The van der Waals surface area contributed by atoms with Crippen LogP contribution in [0.2, 0.25) is 0 Å². The third-order valence-electron chi connectivity index (χ3n) is 2.14. The Morgan fingerprint density at radius 3 is 2.18 bits per heavy atom. The van der Waals surface area contributed by atoms with E-state index in [-0.39, 0.29) is 18.5 Å². The fourth-order valence-electron chi connectivity index (χ4n) is 1.25. The Morgan fingerprint density at radius 1 is 1.18 bits per heavy atom. The molecule has 0 fully saturated rings. The number of anilines is 1. The van der Waals surface area contributed by atoms with E-state index in [1.54, 1.807) is 0 Å². The molecular weight excluding hydrogens is 226 g/mol. The number of aromatic carboxylic acids is 1. The molecule has 0 aliphatic heterocycles. The van der Waals surface area contributed by atoms with Crippen molar-refractivity contribution in [2.45, 2.75) is 6.42 Å². The second-order valence-corrected chi connectivity index (χ2v) is 3.29. The summed E-state index contributed by atoms with van der Waals surface area (Å²) in [5.41, 5.74) is 0.573. The van der Waals surface area contributed by atoms with E-state index in [0.717, 1.165) is 0 Å². The molecule has 0 spiro atoms. The van der Waals surface area contributed by atoms with Crippen LogP contribution in [0.15, 0.2) is 24.3 Å². The summed E-state index contributed by atoms with van der Waals surface area (Å²) in [6, 6.07) is 5.63. The molecule has 0 aliphatic carbocycles. The van der Waals surface area contributed by atoms with Crippen LogP contribution in [0.25, 0.3) is 0 Å². The number of carboxylic acids is 2. The molecule has 1 aromatic rings. The average Bonchev–Trinajstić information content (AvgIpc) is 2.30. The van der Waals surface area contributed by atoms with Crippen LogP contribution < -0.4 is 4.90 Å². The van der Waals surface area contributed by atoms with E-state index in [9.17, 15) is 14.4 Å². The molecule has 0 saturated heterocycles. The van der Waals surface area contributed by atoms with E-state index in [4.69, 9.17) is 10.2 Å². The van der Waals surface area contributed by atoms with E-state index in [1.165, 1.54) is 29.2 Å². The van der Waals surface area contributed by atoms with Crippen LogP contribution in [0, 0.1) is 0 Å². The van der Waals surface area contributed by atoms with Crippen LogP contribution in [0.4, 0.5) is 5.69 Å². The van der Waals surface area contributed by atoms with Gasteiger partial charge in [-0.3, -0.25) is 9.59 Å². The number of benzene rings is 1. The summed E-state index contributed by atoms with van der Waals surface area (Å²) in [6.07, 6.45) is 0.345. The number of carbonyl (C=O) groups is 3. The van der Waals surface area contributed by atoms with Crippen LogP contribution >= 0.6 is 0 Å². The van der Waals surface area contributed by atoms with Crippen LogP contribution in [-0.2, 0) is 9.59 Å². The lowest BCUT2D eigenvalue weighted by molar-refractivity contribution is -0.136. The Kier molecular flexibility index (Phi) is 4.21. The van der Waals surface area contributed by atoms with E-state index in [2.05, 4.69) is 0 Å². The molecule has 0 bridgehead atoms. The van der Waals surface area contributed by atoms with Gasteiger partial charge < -0.3 is 15.1 Å². The maximum Gasteiger partial charge on any atom is 0.335 e. The third-order valence-corrected chi connectivity index (χ3v) is 2.14. The van der Waals surface area contributed by atoms with Crippen molar-refractivity contribution in [3.05, 3.63) is 29.8 Å². The van der Waals surface area contributed by atoms with Gasteiger partial charge in [-0.25, -0.2) is 4.79 Å². The summed E-state index contributed by atoms with van der Waals surface area (Å²) in [4.78, 5) is 32.9. The maximum absolute atomic E-state index is 10.8. The Bertz CT molecular complexity index is 426. The predicted molar refractivity (Wildman–Crippen MR) is 59.1 cm³/mol. The first-order valence-electron chi connectivity index (χ1n) is 4.81. The summed E-state index contributed by atoms with van der Waals surface area (Å²) >= 11 is 0. The van der Waals surface area contributed by atoms with Gasteiger partial charge in [-0.1, -0.05) is 0 Å². The smallest absolute Gasteiger partial charge is 0.335 e. The Morgan fingerprint density at radius 2 is 1.76 bits per heavy atom. The molecule has 1 amide bonds. The molecule has 2 N–H and O–H groups in total. The second-order valence-electron chi connectivity index (χ2n) is 3.29. The highest BCUT2D eigenvalue weighted by Crippen LogP contribution is 2.14. The lowest BCUT2D eigenvalue weighted by atomic mass is 10.2. The Hall–Kier alpha value is -2.37. The van der Waals surface area contributed by atoms with Crippen molar-refractivity contribution in [3.8, 4) is 0 Å². The number of nitrogens with zero attached hydrogens (tertiary/aromatic N) is 1. The van der Waals surface area contributed by atoms with Crippen LogP contribution in [0.5, 0.6) is 0 Å². The number of rotatable bonds is 6. The molecular formula is C11H11NO5. The van der Waals surface area contributed by atoms with E-state index in [1.807, 2.05) is 0 Å². The topological polar surface area (TPSA) is 94.9 Å². The fraction of sp³-hybridized carbons (Fsp3) is 0.182. The predicted octanol–water partition coefficient (Wildman–Crippen LogP) is 0.822. The molecule has 6 heteroatoms. The number of carbonyl (C=O) groups excluding carboxylic acids is 1. The number of carboxylic acid groups (broad SMARTS) is 2. The minimum atomic E-state index is -1.06. The van der Waals surface area contributed by atoms with Gasteiger partial charge in [-0.2, -0.15) is 0 Å². The molecule has 90 valence electrons. The van der Waals surface area contributed by atoms with Crippen molar-refractivity contribution < 1.29 is 24.6 Å². The lowest BCUT2D eigenvalue weighted by Crippen LogP contribution is -2.24. The monoisotopic (exact) mass is 237 g/mol. The summed E-state index contributed by atoms with van der Waals surface area (Å²) in [5, 5.41) is 17.2. The van der Waals surface area contributed by atoms with Gasteiger partial charge in [-0.05, 0) is 24.3 Å². The molecule has 0 heterocycles. The summed E-state index contributed by atoms with van der Waals surface area (Å²) in [6.45, 7) is 0.0469. The van der Waals surface area contributed by atoms with Crippen molar-refractivity contribution in [3.63, 3.8) is 0 Å². The van der Waals surface area contributed by atoms with Crippen molar-refractivity contribution in [1.29, 1.82) is 0 Å². The van der Waals surface area contributed by atoms with Crippen molar-refractivity contribution in [2.75, 3.05) is 11.4 Å². The number of aliphatic carboxylic acids is 1. The zero-order chi connectivity index (χ0) is 12.8. The first-order chi connectivity index (χ1) is 8.04. The molecule has 17 heavy (non-hydrogen) atoms. The van der Waals surface area contributed by atoms with Crippen LogP contribution in [0.3, 0.4) is 0 Å². The maximum atomic E-state index is 10.8. The largest absolute Gasteiger partial charge is 0.481 e.